The van der Waals surface area contributed by atoms with Gasteiger partial charge in [-0.15, -0.1) is 0 Å². The van der Waals surface area contributed by atoms with E-state index in [2.05, 4.69) is 15.7 Å². The van der Waals surface area contributed by atoms with Crippen molar-refractivity contribution in [3.63, 3.8) is 0 Å². The molecular weight excluding hydrogens is 585 g/mol. The van der Waals surface area contributed by atoms with Gasteiger partial charge in [-0.25, -0.2) is 4.39 Å². The minimum atomic E-state index is -0.394. The lowest BCUT2D eigenvalue weighted by molar-refractivity contribution is -0.133. The van der Waals surface area contributed by atoms with Gasteiger partial charge in [-0.3, -0.25) is 9.59 Å². The molecule has 6 nitrogen and oxygen atoms in total. The van der Waals surface area contributed by atoms with Crippen LogP contribution in [0.15, 0.2) is 101 Å². The van der Waals surface area contributed by atoms with Gasteiger partial charge < -0.3 is 18.9 Å². The molecule has 8 heteroatoms. The van der Waals surface area contributed by atoms with Crippen LogP contribution in [0.5, 0.6) is 0 Å². The topological polar surface area (TPSA) is 65.8 Å². The normalized spacial score (nSPS) is 15.0. The molecular formula is C37H36FN3O3S. The number of nitrogens with one attached hydrogen (secondary N) is 1. The molecule has 0 aliphatic carbocycles. The standard InChI is InChI=1S/C37H36FN3O3S/c1-39-36(42)34-30-21-29(31(40(2)45-3)22-32(30)44-35(34)26-16-18-28(38)19-17-26)27-15-10-20-41(23-27)37(43)33(24-11-6-4-7-12-24)25-13-8-5-9-14-25/h4-9,11-14,16-19,21-22,27,33H,10,15,20,23H2,1-3H3,(H,39,42)/t27-/m0/s1. The summed E-state index contributed by atoms with van der Waals surface area (Å²) in [6, 6.07) is 29.9. The third-order valence-corrected chi connectivity index (χ3v) is 9.44. The summed E-state index contributed by atoms with van der Waals surface area (Å²) in [4.78, 5) is 29.6. The molecule has 0 radical (unpaired) electrons. The lowest BCUT2D eigenvalue weighted by Crippen LogP contribution is -2.42. The van der Waals surface area contributed by atoms with Crippen LogP contribution in [0.3, 0.4) is 0 Å². The maximum absolute atomic E-state index is 14.3. The van der Waals surface area contributed by atoms with Crippen molar-refractivity contribution in [2.45, 2.75) is 24.7 Å². The molecule has 1 atom stereocenters. The van der Waals surface area contributed by atoms with Gasteiger partial charge in [-0.2, -0.15) is 0 Å². The minimum absolute atomic E-state index is 0.0469. The zero-order valence-corrected chi connectivity index (χ0v) is 26.4. The van der Waals surface area contributed by atoms with Crippen molar-refractivity contribution in [3.8, 4) is 11.3 Å². The van der Waals surface area contributed by atoms with Gasteiger partial charge in [-0.1, -0.05) is 72.6 Å². The SMILES string of the molecule is CNC(=O)c1c(-c2ccc(F)cc2)oc2cc(N(C)SC)c([C@H]3CCCN(C(=O)C(c4ccccc4)c4ccccc4)C3)cc12. The largest absolute Gasteiger partial charge is 0.455 e. The lowest BCUT2D eigenvalue weighted by atomic mass is 9.85. The fourth-order valence-electron chi connectivity index (χ4n) is 6.38. The van der Waals surface area contributed by atoms with E-state index in [1.807, 2.05) is 84.9 Å². The molecule has 230 valence electrons. The van der Waals surface area contributed by atoms with Crippen molar-refractivity contribution >= 4 is 40.4 Å². The molecule has 5 aromatic rings. The Morgan fingerprint density at radius 2 is 1.62 bits per heavy atom. The molecule has 45 heavy (non-hydrogen) atoms. The van der Waals surface area contributed by atoms with Crippen LogP contribution in [0.25, 0.3) is 22.3 Å². The number of halogens is 1. The maximum Gasteiger partial charge on any atom is 0.255 e. The highest BCUT2D eigenvalue weighted by atomic mass is 32.2. The molecule has 4 aromatic carbocycles. The van der Waals surface area contributed by atoms with E-state index in [1.165, 1.54) is 12.1 Å². The second-order valence-electron chi connectivity index (χ2n) is 11.4. The van der Waals surface area contributed by atoms with Crippen molar-refractivity contribution in [1.29, 1.82) is 0 Å². The van der Waals surface area contributed by atoms with Crippen molar-refractivity contribution < 1.29 is 18.4 Å². The molecule has 1 aliphatic rings. The summed E-state index contributed by atoms with van der Waals surface area (Å²) in [5, 5.41) is 3.45. The predicted molar refractivity (Wildman–Crippen MR) is 180 cm³/mol. The zero-order chi connectivity index (χ0) is 31.5. The number of carbonyl (C=O) groups is 2. The molecule has 6 rings (SSSR count). The van der Waals surface area contributed by atoms with Crippen molar-refractivity contribution in [3.05, 3.63) is 125 Å². The summed E-state index contributed by atoms with van der Waals surface area (Å²) in [6.07, 6.45) is 3.78. The average molecular weight is 622 g/mol. The van der Waals surface area contributed by atoms with Crippen LogP contribution in [-0.2, 0) is 4.79 Å². The predicted octanol–water partition coefficient (Wildman–Crippen LogP) is 7.85. The van der Waals surface area contributed by atoms with E-state index >= 15 is 0 Å². The Bertz CT molecular complexity index is 1770. The molecule has 0 spiro atoms. The van der Waals surface area contributed by atoms with Gasteiger partial charge in [-0.05, 0) is 59.9 Å². The number of rotatable bonds is 8. The summed E-state index contributed by atoms with van der Waals surface area (Å²) in [6.45, 7) is 1.25. The second kappa shape index (κ2) is 13.2. The number of nitrogens with zero attached hydrogens (tertiary/aromatic N) is 2. The number of amides is 2. The van der Waals surface area contributed by atoms with Crippen LogP contribution >= 0.6 is 11.9 Å². The number of anilines is 1. The first-order valence-electron chi connectivity index (χ1n) is 15.1. The first kappa shape index (κ1) is 30.5. The number of hydrogen-bond acceptors (Lipinski definition) is 5. The highest BCUT2D eigenvalue weighted by Gasteiger charge is 2.33. The molecule has 1 aromatic heterocycles. The number of hydrogen-bond donors (Lipinski definition) is 1. The van der Waals surface area contributed by atoms with E-state index < -0.39 is 5.92 Å². The fraction of sp³-hybridized carbons (Fsp3) is 0.243. The van der Waals surface area contributed by atoms with Gasteiger partial charge in [0.05, 0.1) is 17.2 Å². The molecule has 2 heterocycles. The first-order valence-corrected chi connectivity index (χ1v) is 16.3. The minimum Gasteiger partial charge on any atom is -0.455 e. The molecule has 1 aliphatic heterocycles. The third kappa shape index (κ3) is 6.07. The first-order chi connectivity index (χ1) is 21.9. The maximum atomic E-state index is 14.3. The van der Waals surface area contributed by atoms with Gasteiger partial charge in [0.25, 0.3) is 5.91 Å². The number of likely N-dealkylation sites (tertiary alicyclic amines) is 1. The number of piperidine rings is 1. The average Bonchev–Trinajstić information content (AvgIpc) is 3.47. The summed E-state index contributed by atoms with van der Waals surface area (Å²) in [7, 11) is 3.60. The van der Waals surface area contributed by atoms with Crippen LogP contribution in [0, 0.1) is 5.82 Å². The second-order valence-corrected chi connectivity index (χ2v) is 12.3. The number of furan rings is 1. The number of benzene rings is 4. The van der Waals surface area contributed by atoms with Crippen molar-refractivity contribution in [1.82, 2.24) is 10.2 Å². The smallest absolute Gasteiger partial charge is 0.255 e. The van der Waals surface area contributed by atoms with E-state index in [-0.39, 0.29) is 23.5 Å². The van der Waals surface area contributed by atoms with Gasteiger partial charge in [0, 0.05) is 56.4 Å². The van der Waals surface area contributed by atoms with E-state index in [1.54, 1.807) is 31.1 Å². The van der Waals surface area contributed by atoms with Gasteiger partial charge in [0.1, 0.15) is 17.2 Å². The van der Waals surface area contributed by atoms with Crippen LogP contribution in [0.2, 0.25) is 0 Å². The highest BCUT2D eigenvalue weighted by molar-refractivity contribution is 7.99. The Hall–Kier alpha value is -4.56. The molecule has 2 amide bonds. The monoisotopic (exact) mass is 621 g/mol. The van der Waals surface area contributed by atoms with Crippen LogP contribution < -0.4 is 9.62 Å². The molecule has 0 unspecified atom stereocenters. The number of carbonyl (C=O) groups excluding carboxylic acids is 2. The van der Waals surface area contributed by atoms with Crippen LogP contribution in [0.4, 0.5) is 10.1 Å². The summed E-state index contributed by atoms with van der Waals surface area (Å²) in [5.41, 5.74) is 5.59. The van der Waals surface area contributed by atoms with E-state index in [9.17, 15) is 14.0 Å². The summed E-state index contributed by atoms with van der Waals surface area (Å²) in [5.74, 6) is -0.501. The van der Waals surface area contributed by atoms with Crippen molar-refractivity contribution in [2.75, 3.05) is 37.7 Å². The van der Waals surface area contributed by atoms with E-state index in [0.29, 0.717) is 40.9 Å². The molecule has 1 N–H and O–H groups in total. The van der Waals surface area contributed by atoms with Gasteiger partial charge in [0.15, 0.2) is 0 Å². The molecule has 0 bridgehead atoms. The number of fused-ring (bicyclic) bond motifs is 1. The van der Waals surface area contributed by atoms with Crippen molar-refractivity contribution in [2.24, 2.45) is 0 Å². The van der Waals surface area contributed by atoms with E-state index in [4.69, 9.17) is 4.42 Å². The Balaban J connectivity index is 1.42. The van der Waals surface area contributed by atoms with Crippen LogP contribution in [-0.4, -0.2) is 50.2 Å². The lowest BCUT2D eigenvalue weighted by Gasteiger charge is -2.37. The highest BCUT2D eigenvalue weighted by Crippen LogP contribution is 2.43. The Morgan fingerprint density at radius 3 is 2.22 bits per heavy atom. The molecule has 1 saturated heterocycles. The summed E-state index contributed by atoms with van der Waals surface area (Å²) >= 11 is 1.58. The Morgan fingerprint density at radius 1 is 0.978 bits per heavy atom. The third-order valence-electron chi connectivity index (χ3n) is 8.70. The van der Waals surface area contributed by atoms with Crippen LogP contribution in [0.1, 0.15) is 51.7 Å². The quantitative estimate of drug-likeness (QED) is 0.179. The van der Waals surface area contributed by atoms with E-state index in [0.717, 1.165) is 35.2 Å². The molecule has 1 fully saturated rings. The Kier molecular flexibility index (Phi) is 8.94. The van der Waals surface area contributed by atoms with Gasteiger partial charge >= 0.3 is 0 Å². The zero-order valence-electron chi connectivity index (χ0n) is 25.6. The Labute approximate surface area is 267 Å². The van der Waals surface area contributed by atoms with Gasteiger partial charge in [0.2, 0.25) is 5.91 Å². The fourth-order valence-corrected chi connectivity index (χ4v) is 6.74. The molecule has 0 saturated carbocycles. The summed E-state index contributed by atoms with van der Waals surface area (Å²) < 4.78 is 22.2.